The van der Waals surface area contributed by atoms with E-state index >= 15 is 0 Å². The maximum absolute atomic E-state index is 5.81. The van der Waals surface area contributed by atoms with Crippen molar-refractivity contribution in [1.82, 2.24) is 10.6 Å². The molecule has 0 radical (unpaired) electrons. The number of ether oxygens (including phenoxy) is 2. The molecule has 1 aliphatic rings. The number of benzene rings is 1. The van der Waals surface area contributed by atoms with Gasteiger partial charge in [0.15, 0.2) is 5.96 Å². The van der Waals surface area contributed by atoms with E-state index in [0.29, 0.717) is 5.92 Å². The van der Waals surface area contributed by atoms with Crippen LogP contribution in [0.1, 0.15) is 42.9 Å². The molecule has 6 heteroatoms. The number of rotatable bonds is 10. The van der Waals surface area contributed by atoms with E-state index in [-0.39, 0.29) is 24.0 Å². The molecule has 2 rings (SSSR count). The van der Waals surface area contributed by atoms with E-state index in [2.05, 4.69) is 54.6 Å². The molecule has 1 aliphatic heterocycles. The number of aliphatic imine (C=N–C) groups is 1. The Balaban J connectivity index is 0.00000392. The van der Waals surface area contributed by atoms with Crippen LogP contribution in [0.4, 0.5) is 0 Å². The van der Waals surface area contributed by atoms with E-state index in [1.54, 1.807) is 0 Å². The SMILES string of the molecule is CCNC(=NCCCOCC1CCOCC1)NCCc1cc(C)cc(C)c1.I. The van der Waals surface area contributed by atoms with Crippen molar-refractivity contribution in [3.63, 3.8) is 0 Å². The molecule has 1 fully saturated rings. The van der Waals surface area contributed by atoms with E-state index in [4.69, 9.17) is 9.47 Å². The van der Waals surface area contributed by atoms with Gasteiger partial charge in [0.05, 0.1) is 0 Å². The molecule has 1 aromatic carbocycles. The molecule has 0 amide bonds. The second-order valence-electron chi connectivity index (χ2n) is 7.42. The molecule has 160 valence electrons. The highest BCUT2D eigenvalue weighted by Crippen LogP contribution is 2.14. The largest absolute Gasteiger partial charge is 0.381 e. The Morgan fingerprint density at radius 2 is 1.86 bits per heavy atom. The molecular weight excluding hydrogens is 465 g/mol. The molecule has 0 atom stereocenters. The van der Waals surface area contributed by atoms with E-state index in [1.807, 2.05) is 0 Å². The number of aryl methyl sites for hydroxylation is 2. The lowest BCUT2D eigenvalue weighted by Gasteiger charge is -2.21. The Morgan fingerprint density at radius 3 is 2.54 bits per heavy atom. The Kier molecular flexibility index (Phi) is 13.5. The van der Waals surface area contributed by atoms with Gasteiger partial charge in [-0.05, 0) is 57.9 Å². The quantitative estimate of drug-likeness (QED) is 0.221. The lowest BCUT2D eigenvalue weighted by molar-refractivity contribution is 0.0205. The number of nitrogens with zero attached hydrogens (tertiary/aromatic N) is 1. The van der Waals surface area contributed by atoms with Gasteiger partial charge >= 0.3 is 0 Å². The number of guanidine groups is 1. The molecule has 0 aliphatic carbocycles. The van der Waals surface area contributed by atoms with Gasteiger partial charge in [-0.2, -0.15) is 0 Å². The van der Waals surface area contributed by atoms with Crippen LogP contribution in [-0.4, -0.2) is 52.0 Å². The molecule has 0 unspecified atom stereocenters. The van der Waals surface area contributed by atoms with Gasteiger partial charge in [0.1, 0.15) is 0 Å². The topological polar surface area (TPSA) is 54.9 Å². The van der Waals surface area contributed by atoms with Crippen LogP contribution in [0.2, 0.25) is 0 Å². The monoisotopic (exact) mass is 503 g/mol. The maximum Gasteiger partial charge on any atom is 0.191 e. The van der Waals surface area contributed by atoms with Gasteiger partial charge in [0.25, 0.3) is 0 Å². The zero-order valence-corrected chi connectivity index (χ0v) is 20.1. The van der Waals surface area contributed by atoms with E-state index < -0.39 is 0 Å². The Bertz CT molecular complexity index is 555. The second-order valence-corrected chi connectivity index (χ2v) is 7.42. The summed E-state index contributed by atoms with van der Waals surface area (Å²) >= 11 is 0. The molecule has 28 heavy (non-hydrogen) atoms. The molecule has 2 N–H and O–H groups in total. The standard InChI is InChI=1S/C22H37N3O2.HI/c1-4-23-22(25-10-6-21-15-18(2)14-19(3)16-21)24-9-5-11-27-17-20-7-12-26-13-8-20;/h14-16,20H,4-13,17H2,1-3H3,(H2,23,24,25);1H. The lowest BCUT2D eigenvalue weighted by Crippen LogP contribution is -2.38. The minimum atomic E-state index is 0. The molecule has 1 saturated heterocycles. The van der Waals surface area contributed by atoms with Gasteiger partial charge in [0.2, 0.25) is 0 Å². The van der Waals surface area contributed by atoms with Crippen LogP contribution in [0.5, 0.6) is 0 Å². The predicted octanol–water partition coefficient (Wildman–Crippen LogP) is 3.85. The number of halogens is 1. The minimum Gasteiger partial charge on any atom is -0.381 e. The summed E-state index contributed by atoms with van der Waals surface area (Å²) in [4.78, 5) is 4.66. The van der Waals surface area contributed by atoms with Gasteiger partial charge in [0, 0.05) is 46.1 Å². The third-order valence-electron chi connectivity index (χ3n) is 4.74. The third kappa shape index (κ3) is 10.6. The van der Waals surface area contributed by atoms with Crippen LogP contribution in [0, 0.1) is 19.8 Å². The van der Waals surface area contributed by atoms with Gasteiger partial charge in [-0.15, -0.1) is 24.0 Å². The number of hydrogen-bond acceptors (Lipinski definition) is 3. The summed E-state index contributed by atoms with van der Waals surface area (Å²) in [5.74, 6) is 1.57. The Labute approximate surface area is 188 Å². The summed E-state index contributed by atoms with van der Waals surface area (Å²) in [6, 6.07) is 6.73. The normalized spacial score (nSPS) is 15.2. The van der Waals surface area contributed by atoms with Crippen molar-refractivity contribution in [2.45, 2.75) is 46.5 Å². The molecule has 0 saturated carbocycles. The Hall–Kier alpha value is -0.860. The Morgan fingerprint density at radius 1 is 1.14 bits per heavy atom. The van der Waals surface area contributed by atoms with Crippen LogP contribution < -0.4 is 10.6 Å². The van der Waals surface area contributed by atoms with Crippen molar-refractivity contribution in [3.8, 4) is 0 Å². The van der Waals surface area contributed by atoms with Gasteiger partial charge in [-0.25, -0.2) is 0 Å². The fraction of sp³-hybridized carbons (Fsp3) is 0.682. The molecule has 1 heterocycles. The van der Waals surface area contributed by atoms with Crippen LogP contribution in [-0.2, 0) is 15.9 Å². The average molecular weight is 503 g/mol. The summed E-state index contributed by atoms with van der Waals surface area (Å²) in [5, 5.41) is 6.75. The third-order valence-corrected chi connectivity index (χ3v) is 4.74. The summed E-state index contributed by atoms with van der Waals surface area (Å²) in [7, 11) is 0. The molecular formula is C22H38IN3O2. The first-order chi connectivity index (χ1) is 13.2. The molecule has 5 nitrogen and oxygen atoms in total. The van der Waals surface area contributed by atoms with E-state index in [0.717, 1.165) is 77.7 Å². The van der Waals surface area contributed by atoms with Crippen LogP contribution in [0.25, 0.3) is 0 Å². The summed E-state index contributed by atoms with van der Waals surface area (Å²) in [6.45, 7) is 12.4. The summed E-state index contributed by atoms with van der Waals surface area (Å²) in [5.41, 5.74) is 4.02. The fourth-order valence-corrected chi connectivity index (χ4v) is 3.40. The summed E-state index contributed by atoms with van der Waals surface area (Å²) < 4.78 is 11.2. The lowest BCUT2D eigenvalue weighted by atomic mass is 10.0. The van der Waals surface area contributed by atoms with Crippen molar-refractivity contribution in [2.75, 3.05) is 46.1 Å². The van der Waals surface area contributed by atoms with Gasteiger partial charge in [-0.1, -0.05) is 29.3 Å². The average Bonchev–Trinajstić information content (AvgIpc) is 2.64. The molecule has 0 bridgehead atoms. The molecule has 1 aromatic rings. The molecule has 0 aromatic heterocycles. The van der Waals surface area contributed by atoms with Crippen molar-refractivity contribution in [2.24, 2.45) is 10.9 Å². The van der Waals surface area contributed by atoms with Gasteiger partial charge < -0.3 is 20.1 Å². The first-order valence-electron chi connectivity index (χ1n) is 10.4. The smallest absolute Gasteiger partial charge is 0.191 e. The number of hydrogen-bond donors (Lipinski definition) is 2. The first kappa shape index (κ1) is 25.2. The van der Waals surface area contributed by atoms with Crippen LogP contribution in [0.15, 0.2) is 23.2 Å². The first-order valence-corrected chi connectivity index (χ1v) is 10.4. The van der Waals surface area contributed by atoms with Crippen molar-refractivity contribution in [3.05, 3.63) is 34.9 Å². The predicted molar refractivity (Wildman–Crippen MR) is 128 cm³/mol. The minimum absolute atomic E-state index is 0. The second kappa shape index (κ2) is 15.0. The zero-order valence-electron chi connectivity index (χ0n) is 17.8. The van der Waals surface area contributed by atoms with Crippen molar-refractivity contribution < 1.29 is 9.47 Å². The highest BCUT2D eigenvalue weighted by molar-refractivity contribution is 14.0. The highest BCUT2D eigenvalue weighted by Gasteiger charge is 2.13. The van der Waals surface area contributed by atoms with Crippen molar-refractivity contribution >= 4 is 29.9 Å². The summed E-state index contributed by atoms with van der Waals surface area (Å²) in [6.07, 6.45) is 4.22. The fourth-order valence-electron chi connectivity index (χ4n) is 3.40. The van der Waals surface area contributed by atoms with Gasteiger partial charge in [-0.3, -0.25) is 4.99 Å². The van der Waals surface area contributed by atoms with Crippen LogP contribution >= 0.6 is 24.0 Å². The van der Waals surface area contributed by atoms with Crippen LogP contribution in [0.3, 0.4) is 0 Å². The highest BCUT2D eigenvalue weighted by atomic mass is 127. The molecule has 0 spiro atoms. The zero-order chi connectivity index (χ0) is 19.3. The number of nitrogens with one attached hydrogen (secondary N) is 2. The van der Waals surface area contributed by atoms with E-state index in [9.17, 15) is 0 Å². The maximum atomic E-state index is 5.81. The van der Waals surface area contributed by atoms with Crippen molar-refractivity contribution in [1.29, 1.82) is 0 Å². The van der Waals surface area contributed by atoms with E-state index in [1.165, 1.54) is 16.7 Å².